The van der Waals surface area contributed by atoms with E-state index in [1.807, 2.05) is 18.7 Å². The van der Waals surface area contributed by atoms with Crippen molar-refractivity contribution in [2.24, 2.45) is 0 Å². The molecule has 1 aromatic carbocycles. The molecule has 1 aromatic heterocycles. The maximum Gasteiger partial charge on any atom is 0.511 e. The van der Waals surface area contributed by atoms with Crippen molar-refractivity contribution in [1.82, 2.24) is 4.57 Å². The van der Waals surface area contributed by atoms with Crippen molar-refractivity contribution in [3.63, 3.8) is 0 Å². The summed E-state index contributed by atoms with van der Waals surface area (Å²) in [5.74, 6) is -0.565. The molecule has 2 aromatic rings. The molecule has 3 heterocycles. The number of carbonyl (C=O) groups is 1. The molecule has 0 spiro atoms. The van der Waals surface area contributed by atoms with Crippen LogP contribution in [-0.2, 0) is 5.54 Å². The monoisotopic (exact) mass is 362 g/mol. The molecule has 2 aliphatic rings. The summed E-state index contributed by atoms with van der Waals surface area (Å²) in [7, 11) is 0. The zero-order valence-corrected chi connectivity index (χ0v) is 14.5. The molecule has 1 fully saturated rings. The van der Waals surface area contributed by atoms with Gasteiger partial charge in [0.05, 0.1) is 22.6 Å². The minimum atomic E-state index is -1.59. The minimum Gasteiger partial charge on any atom is -0.487 e. The summed E-state index contributed by atoms with van der Waals surface area (Å²) < 4.78 is 27.2. The smallest absolute Gasteiger partial charge is 0.487 e. The van der Waals surface area contributed by atoms with Gasteiger partial charge in [-0.2, -0.15) is 0 Å². The lowest BCUT2D eigenvalue weighted by molar-refractivity contribution is 0.141. The SMILES string of the molecule is CC1(C)COc2c(N3CCCC3)c(F)cc3c(=O)c(OC(=O)O)cn1c23. The van der Waals surface area contributed by atoms with Gasteiger partial charge in [0, 0.05) is 13.1 Å². The third-order valence-corrected chi connectivity index (χ3v) is 4.98. The van der Waals surface area contributed by atoms with Crippen LogP contribution in [-0.4, -0.2) is 35.5 Å². The normalized spacial score (nSPS) is 18.0. The van der Waals surface area contributed by atoms with E-state index in [1.54, 1.807) is 4.57 Å². The molecule has 0 aliphatic carbocycles. The third kappa shape index (κ3) is 2.40. The van der Waals surface area contributed by atoms with Crippen LogP contribution in [0, 0.1) is 5.82 Å². The van der Waals surface area contributed by atoms with E-state index >= 15 is 0 Å². The van der Waals surface area contributed by atoms with Gasteiger partial charge < -0.3 is 24.0 Å². The molecule has 2 aliphatic heterocycles. The van der Waals surface area contributed by atoms with Gasteiger partial charge in [0.15, 0.2) is 17.3 Å². The molecule has 1 saturated heterocycles. The Bertz CT molecular complexity index is 976. The lowest BCUT2D eigenvalue weighted by Crippen LogP contribution is -2.39. The predicted molar refractivity (Wildman–Crippen MR) is 93.1 cm³/mol. The third-order valence-electron chi connectivity index (χ3n) is 4.98. The van der Waals surface area contributed by atoms with Gasteiger partial charge in [0.1, 0.15) is 12.3 Å². The number of anilines is 1. The number of pyridine rings is 1. The summed E-state index contributed by atoms with van der Waals surface area (Å²) in [6.45, 7) is 5.50. The standard InChI is InChI=1S/C18H19FN2O5/c1-18(2)9-25-16-13-10(7-11(19)14(16)20-5-3-4-6-20)15(22)12(8-21(13)18)26-17(23)24/h7-8H,3-6,9H2,1-2H3,(H,23,24). The van der Waals surface area contributed by atoms with E-state index in [9.17, 15) is 14.0 Å². The number of hydrogen-bond donors (Lipinski definition) is 1. The molecular formula is C18H19FN2O5. The van der Waals surface area contributed by atoms with Crippen LogP contribution >= 0.6 is 0 Å². The van der Waals surface area contributed by atoms with Gasteiger partial charge in [-0.25, -0.2) is 9.18 Å². The molecule has 0 bridgehead atoms. The average Bonchev–Trinajstić information content (AvgIpc) is 3.08. The topological polar surface area (TPSA) is 81.0 Å². The lowest BCUT2D eigenvalue weighted by Gasteiger charge is -2.37. The second-order valence-corrected chi connectivity index (χ2v) is 7.29. The Morgan fingerprint density at radius 1 is 1.35 bits per heavy atom. The number of halogens is 1. The summed E-state index contributed by atoms with van der Waals surface area (Å²) in [6.07, 6.45) is 1.73. The molecule has 8 heteroatoms. The van der Waals surface area contributed by atoms with Crippen LogP contribution in [0.5, 0.6) is 11.5 Å². The average molecular weight is 362 g/mol. The highest BCUT2D eigenvalue weighted by Gasteiger charge is 2.35. The number of hydrogen-bond acceptors (Lipinski definition) is 5. The van der Waals surface area contributed by atoms with Crippen molar-refractivity contribution in [3.05, 3.63) is 28.3 Å². The molecule has 0 radical (unpaired) electrons. The maximum atomic E-state index is 14.9. The van der Waals surface area contributed by atoms with E-state index in [2.05, 4.69) is 4.74 Å². The Morgan fingerprint density at radius 2 is 2.04 bits per heavy atom. The fraction of sp³-hybridized carbons (Fsp3) is 0.444. The molecule has 7 nitrogen and oxygen atoms in total. The van der Waals surface area contributed by atoms with Crippen LogP contribution < -0.4 is 19.8 Å². The van der Waals surface area contributed by atoms with Crippen LogP contribution in [0.25, 0.3) is 10.9 Å². The highest BCUT2D eigenvalue weighted by molar-refractivity contribution is 5.93. The van der Waals surface area contributed by atoms with Gasteiger partial charge in [0.2, 0.25) is 5.43 Å². The van der Waals surface area contributed by atoms with Crippen molar-refractivity contribution in [2.45, 2.75) is 32.2 Å². The number of ether oxygens (including phenoxy) is 2. The highest BCUT2D eigenvalue weighted by atomic mass is 19.1. The molecule has 0 unspecified atom stereocenters. The van der Waals surface area contributed by atoms with Gasteiger partial charge in [-0.05, 0) is 32.8 Å². The first-order chi connectivity index (χ1) is 12.3. The molecule has 1 N–H and O–H groups in total. The summed E-state index contributed by atoms with van der Waals surface area (Å²) in [4.78, 5) is 25.5. The summed E-state index contributed by atoms with van der Waals surface area (Å²) in [6, 6.07) is 1.16. The van der Waals surface area contributed by atoms with E-state index in [1.165, 1.54) is 6.20 Å². The number of carboxylic acid groups (broad SMARTS) is 1. The van der Waals surface area contributed by atoms with Crippen molar-refractivity contribution in [1.29, 1.82) is 0 Å². The number of nitrogens with zero attached hydrogens (tertiary/aromatic N) is 2. The van der Waals surface area contributed by atoms with Crippen LogP contribution in [0.15, 0.2) is 17.1 Å². The van der Waals surface area contributed by atoms with E-state index in [0.717, 1.165) is 32.0 Å². The van der Waals surface area contributed by atoms with Gasteiger partial charge in [-0.15, -0.1) is 0 Å². The van der Waals surface area contributed by atoms with Crippen molar-refractivity contribution < 1.29 is 23.8 Å². The Morgan fingerprint density at radius 3 is 2.69 bits per heavy atom. The lowest BCUT2D eigenvalue weighted by atomic mass is 10.0. The van der Waals surface area contributed by atoms with Crippen LogP contribution in [0.3, 0.4) is 0 Å². The molecule has 0 saturated carbocycles. The van der Waals surface area contributed by atoms with Gasteiger partial charge in [-0.1, -0.05) is 0 Å². The summed E-state index contributed by atoms with van der Waals surface area (Å²) >= 11 is 0. The highest BCUT2D eigenvalue weighted by Crippen LogP contribution is 2.44. The number of rotatable bonds is 2. The minimum absolute atomic E-state index is 0.0481. The molecular weight excluding hydrogens is 343 g/mol. The first kappa shape index (κ1) is 16.7. The summed E-state index contributed by atoms with van der Waals surface area (Å²) in [5.41, 5.74) is -0.402. The second-order valence-electron chi connectivity index (χ2n) is 7.29. The first-order valence-corrected chi connectivity index (χ1v) is 8.50. The Labute approximate surface area is 148 Å². The van der Waals surface area contributed by atoms with Crippen LogP contribution in [0.1, 0.15) is 26.7 Å². The van der Waals surface area contributed by atoms with E-state index < -0.39 is 22.9 Å². The quantitative estimate of drug-likeness (QED) is 0.828. The van der Waals surface area contributed by atoms with Crippen molar-refractivity contribution in [2.75, 3.05) is 24.6 Å². The second kappa shape index (κ2) is 5.62. The molecule has 0 amide bonds. The maximum absolute atomic E-state index is 14.9. The molecule has 26 heavy (non-hydrogen) atoms. The largest absolute Gasteiger partial charge is 0.511 e. The number of benzene rings is 1. The predicted octanol–water partition coefficient (Wildman–Crippen LogP) is 2.93. The zero-order chi connectivity index (χ0) is 18.6. The molecule has 4 rings (SSSR count). The zero-order valence-electron chi connectivity index (χ0n) is 14.5. The summed E-state index contributed by atoms with van der Waals surface area (Å²) in [5, 5.41) is 8.94. The molecule has 0 atom stereocenters. The fourth-order valence-electron chi connectivity index (χ4n) is 3.73. The fourth-order valence-corrected chi connectivity index (χ4v) is 3.73. The van der Waals surface area contributed by atoms with Gasteiger partial charge in [0.25, 0.3) is 0 Å². The van der Waals surface area contributed by atoms with Gasteiger partial charge in [-0.3, -0.25) is 4.79 Å². The van der Waals surface area contributed by atoms with Crippen molar-refractivity contribution in [3.8, 4) is 11.5 Å². The van der Waals surface area contributed by atoms with Crippen molar-refractivity contribution >= 4 is 22.7 Å². The van der Waals surface area contributed by atoms with Gasteiger partial charge >= 0.3 is 6.16 Å². The Balaban J connectivity index is 2.08. The van der Waals surface area contributed by atoms with Crippen LogP contribution in [0.4, 0.5) is 14.9 Å². The van der Waals surface area contributed by atoms with E-state index in [4.69, 9.17) is 9.84 Å². The van der Waals surface area contributed by atoms with E-state index in [-0.39, 0.29) is 17.7 Å². The molecule has 138 valence electrons. The Kier molecular flexibility index (Phi) is 3.61. The Hall–Kier alpha value is -2.77. The van der Waals surface area contributed by atoms with Crippen LogP contribution in [0.2, 0.25) is 0 Å². The number of aromatic nitrogens is 1. The first-order valence-electron chi connectivity index (χ1n) is 8.50. The van der Waals surface area contributed by atoms with E-state index in [0.29, 0.717) is 17.0 Å².